The maximum Gasteiger partial charge on any atom is 0.256 e. The normalized spacial score (nSPS) is 31.1. The summed E-state index contributed by atoms with van der Waals surface area (Å²) in [4.78, 5) is 13.5. The molecule has 1 heterocycles. The Labute approximate surface area is 90.1 Å². The van der Waals surface area contributed by atoms with Crippen LogP contribution in [0.25, 0.3) is 0 Å². The van der Waals surface area contributed by atoms with E-state index < -0.39 is 18.1 Å². The van der Waals surface area contributed by atoms with Gasteiger partial charge < -0.3 is 20.4 Å². The number of carbonyl (C=O) groups excluding carboxylic acids is 1. The highest BCUT2D eigenvalue weighted by molar-refractivity contribution is 5.85. The van der Waals surface area contributed by atoms with Crippen LogP contribution in [0.3, 0.4) is 0 Å². The molecule has 1 rings (SSSR count). The maximum absolute atomic E-state index is 11.9. The molecule has 3 N–H and O–H groups in total. The van der Waals surface area contributed by atoms with Crippen molar-refractivity contribution in [3.8, 4) is 0 Å². The fraction of sp³-hybridized carbons (Fsp3) is 0.900. The van der Waals surface area contributed by atoms with Crippen LogP contribution in [-0.2, 0) is 4.79 Å². The third kappa shape index (κ3) is 2.68. The van der Waals surface area contributed by atoms with Crippen LogP contribution in [0.1, 0.15) is 20.8 Å². The molecule has 0 spiro atoms. The Kier molecular flexibility index (Phi) is 3.70. The molecule has 0 aromatic heterocycles. The number of piperazine rings is 1. The Morgan fingerprint density at radius 2 is 2.20 bits per heavy atom. The molecule has 0 aromatic rings. The van der Waals surface area contributed by atoms with E-state index in [1.54, 1.807) is 4.90 Å². The standard InChI is InChI=1S/C10H20N2O3/c1-7-5-12(8(2)4-11-7)9(14)10(3,15)6-13/h7-8,11,13,15H,4-6H2,1-3H3/t7-,8+,10?/m0/s1. The van der Waals surface area contributed by atoms with Gasteiger partial charge in [0.05, 0.1) is 6.61 Å². The van der Waals surface area contributed by atoms with Crippen LogP contribution < -0.4 is 5.32 Å². The Hall–Kier alpha value is -0.650. The van der Waals surface area contributed by atoms with Crippen molar-refractivity contribution in [3.05, 3.63) is 0 Å². The molecule has 1 fully saturated rings. The van der Waals surface area contributed by atoms with Crippen molar-refractivity contribution in [2.45, 2.75) is 38.5 Å². The van der Waals surface area contributed by atoms with Crippen molar-refractivity contribution >= 4 is 5.91 Å². The maximum atomic E-state index is 11.9. The molecular formula is C10H20N2O3. The van der Waals surface area contributed by atoms with Crippen LogP contribution in [0.2, 0.25) is 0 Å². The zero-order valence-electron chi connectivity index (χ0n) is 9.53. The smallest absolute Gasteiger partial charge is 0.256 e. The number of nitrogens with zero attached hydrogens (tertiary/aromatic N) is 1. The van der Waals surface area contributed by atoms with E-state index in [-0.39, 0.29) is 12.1 Å². The van der Waals surface area contributed by atoms with Gasteiger partial charge in [0, 0.05) is 25.2 Å². The first-order valence-electron chi connectivity index (χ1n) is 5.26. The first-order valence-corrected chi connectivity index (χ1v) is 5.26. The number of amides is 1. The molecule has 88 valence electrons. The van der Waals surface area contributed by atoms with Gasteiger partial charge in [-0.05, 0) is 20.8 Å². The monoisotopic (exact) mass is 216 g/mol. The summed E-state index contributed by atoms with van der Waals surface area (Å²) in [6, 6.07) is 0.270. The van der Waals surface area contributed by atoms with Gasteiger partial charge in [-0.1, -0.05) is 0 Å². The van der Waals surface area contributed by atoms with Crippen molar-refractivity contribution in [2.75, 3.05) is 19.7 Å². The van der Waals surface area contributed by atoms with Crippen molar-refractivity contribution < 1.29 is 15.0 Å². The number of hydrogen-bond acceptors (Lipinski definition) is 4. The SMILES string of the molecule is C[C@@H]1CN[C@@H](C)CN1C(=O)C(C)(O)CO. The van der Waals surface area contributed by atoms with Gasteiger partial charge in [0.2, 0.25) is 0 Å². The Morgan fingerprint density at radius 1 is 1.60 bits per heavy atom. The quantitative estimate of drug-likeness (QED) is 0.550. The second kappa shape index (κ2) is 4.47. The van der Waals surface area contributed by atoms with E-state index in [4.69, 9.17) is 5.11 Å². The molecule has 5 nitrogen and oxygen atoms in total. The molecular weight excluding hydrogens is 196 g/mol. The molecule has 3 atom stereocenters. The van der Waals surface area contributed by atoms with Gasteiger partial charge in [0.15, 0.2) is 5.60 Å². The van der Waals surface area contributed by atoms with E-state index in [0.29, 0.717) is 13.1 Å². The number of hydrogen-bond donors (Lipinski definition) is 3. The summed E-state index contributed by atoms with van der Waals surface area (Å²) in [5.41, 5.74) is -1.66. The zero-order valence-corrected chi connectivity index (χ0v) is 9.53. The third-order valence-corrected chi connectivity index (χ3v) is 2.79. The van der Waals surface area contributed by atoms with Gasteiger partial charge in [-0.25, -0.2) is 0 Å². The molecule has 1 unspecified atom stereocenters. The van der Waals surface area contributed by atoms with Crippen LogP contribution in [0.15, 0.2) is 0 Å². The molecule has 5 heteroatoms. The number of carbonyl (C=O) groups is 1. The van der Waals surface area contributed by atoms with Crippen molar-refractivity contribution in [2.24, 2.45) is 0 Å². The van der Waals surface area contributed by atoms with E-state index in [1.165, 1.54) is 6.92 Å². The number of aliphatic hydroxyl groups is 2. The van der Waals surface area contributed by atoms with Crippen molar-refractivity contribution in [1.29, 1.82) is 0 Å². The lowest BCUT2D eigenvalue weighted by Gasteiger charge is -2.40. The topological polar surface area (TPSA) is 72.8 Å². The lowest BCUT2D eigenvalue weighted by Crippen LogP contribution is -2.61. The highest BCUT2D eigenvalue weighted by Gasteiger charge is 2.37. The van der Waals surface area contributed by atoms with Crippen LogP contribution in [0.4, 0.5) is 0 Å². The summed E-state index contributed by atoms with van der Waals surface area (Å²) >= 11 is 0. The van der Waals surface area contributed by atoms with Gasteiger partial charge in [-0.2, -0.15) is 0 Å². The minimum atomic E-state index is -1.66. The van der Waals surface area contributed by atoms with E-state index in [1.807, 2.05) is 13.8 Å². The molecule has 0 aliphatic carbocycles. The molecule has 1 amide bonds. The van der Waals surface area contributed by atoms with Gasteiger partial charge in [-0.15, -0.1) is 0 Å². The number of nitrogens with one attached hydrogen (secondary N) is 1. The van der Waals surface area contributed by atoms with Crippen LogP contribution in [-0.4, -0.2) is 58.4 Å². The molecule has 0 saturated carbocycles. The summed E-state index contributed by atoms with van der Waals surface area (Å²) in [5, 5.41) is 21.9. The largest absolute Gasteiger partial charge is 0.393 e. The fourth-order valence-corrected chi connectivity index (χ4v) is 1.68. The van der Waals surface area contributed by atoms with Gasteiger partial charge in [-0.3, -0.25) is 4.79 Å². The predicted octanol–water partition coefficient (Wildman–Crippen LogP) is -1.06. The van der Waals surface area contributed by atoms with Gasteiger partial charge >= 0.3 is 0 Å². The zero-order chi connectivity index (χ0) is 11.6. The van der Waals surface area contributed by atoms with Crippen molar-refractivity contribution in [3.63, 3.8) is 0 Å². The Morgan fingerprint density at radius 3 is 2.73 bits per heavy atom. The molecule has 0 bridgehead atoms. The first kappa shape index (κ1) is 12.4. The molecule has 0 radical (unpaired) electrons. The highest BCUT2D eigenvalue weighted by Crippen LogP contribution is 2.14. The predicted molar refractivity (Wildman–Crippen MR) is 56.3 cm³/mol. The fourth-order valence-electron chi connectivity index (χ4n) is 1.68. The average molecular weight is 216 g/mol. The lowest BCUT2D eigenvalue weighted by molar-refractivity contribution is -0.157. The van der Waals surface area contributed by atoms with Crippen LogP contribution in [0.5, 0.6) is 0 Å². The second-order valence-corrected chi connectivity index (χ2v) is 4.55. The molecule has 1 saturated heterocycles. The third-order valence-electron chi connectivity index (χ3n) is 2.79. The second-order valence-electron chi connectivity index (χ2n) is 4.55. The van der Waals surface area contributed by atoms with E-state index >= 15 is 0 Å². The van der Waals surface area contributed by atoms with Crippen LogP contribution >= 0.6 is 0 Å². The van der Waals surface area contributed by atoms with E-state index in [0.717, 1.165) is 0 Å². The Balaban J connectivity index is 2.73. The van der Waals surface area contributed by atoms with E-state index in [2.05, 4.69) is 5.32 Å². The average Bonchev–Trinajstić information content (AvgIpc) is 2.20. The number of rotatable bonds is 2. The summed E-state index contributed by atoms with van der Waals surface area (Å²) in [6.07, 6.45) is 0. The van der Waals surface area contributed by atoms with Gasteiger partial charge in [0.25, 0.3) is 5.91 Å². The molecule has 1 aliphatic rings. The summed E-state index contributed by atoms with van der Waals surface area (Å²) in [6.45, 7) is 5.99. The van der Waals surface area contributed by atoms with Gasteiger partial charge in [0.1, 0.15) is 0 Å². The lowest BCUT2D eigenvalue weighted by atomic mass is 10.0. The first-order chi connectivity index (χ1) is 6.88. The minimum absolute atomic E-state index is 0.0479. The highest BCUT2D eigenvalue weighted by atomic mass is 16.3. The molecule has 1 aliphatic heterocycles. The van der Waals surface area contributed by atoms with E-state index in [9.17, 15) is 9.90 Å². The van der Waals surface area contributed by atoms with Crippen molar-refractivity contribution in [1.82, 2.24) is 10.2 Å². The number of aliphatic hydroxyl groups excluding tert-OH is 1. The summed E-state index contributed by atoms with van der Waals surface area (Å²) in [7, 11) is 0. The molecule has 15 heavy (non-hydrogen) atoms. The molecule has 0 aromatic carbocycles. The summed E-state index contributed by atoms with van der Waals surface area (Å²) < 4.78 is 0. The van der Waals surface area contributed by atoms with Crippen LogP contribution in [0, 0.1) is 0 Å². The minimum Gasteiger partial charge on any atom is -0.393 e. The summed E-state index contributed by atoms with van der Waals surface area (Å²) in [5.74, 6) is -0.397. The Bertz CT molecular complexity index is 243.